The van der Waals surface area contributed by atoms with E-state index in [4.69, 9.17) is 5.11 Å². The molecule has 0 aromatic carbocycles. The van der Waals surface area contributed by atoms with Crippen molar-refractivity contribution in [3.63, 3.8) is 0 Å². The molecule has 0 amide bonds. The van der Waals surface area contributed by atoms with E-state index in [1.54, 1.807) is 0 Å². The fraction of sp³-hybridized carbons (Fsp3) is 0.583. The van der Waals surface area contributed by atoms with Gasteiger partial charge in [-0.15, -0.1) is 0 Å². The number of aromatic nitrogens is 1. The lowest BCUT2D eigenvalue weighted by atomic mass is 10.0. The van der Waals surface area contributed by atoms with Gasteiger partial charge >= 0.3 is 0 Å². The second kappa shape index (κ2) is 5.24. The Kier molecular flexibility index (Phi) is 4.24. The van der Waals surface area contributed by atoms with Crippen LogP contribution in [0.1, 0.15) is 31.5 Å². The number of hydrogen-bond acceptors (Lipinski definition) is 3. The van der Waals surface area contributed by atoms with Crippen molar-refractivity contribution < 1.29 is 5.11 Å². The van der Waals surface area contributed by atoms with Gasteiger partial charge in [0.2, 0.25) is 0 Å². The summed E-state index contributed by atoms with van der Waals surface area (Å²) >= 11 is 0. The van der Waals surface area contributed by atoms with Gasteiger partial charge in [0, 0.05) is 30.6 Å². The first-order valence-corrected chi connectivity index (χ1v) is 5.31. The Morgan fingerprint density at radius 1 is 1.40 bits per heavy atom. The maximum Gasteiger partial charge on any atom is 0.0448 e. The number of nitrogens with one attached hydrogen (secondary N) is 1. The van der Waals surface area contributed by atoms with Crippen LogP contribution in [-0.4, -0.2) is 22.2 Å². The Morgan fingerprint density at radius 3 is 2.67 bits per heavy atom. The second-order valence-electron chi connectivity index (χ2n) is 4.52. The number of hydrogen-bond donors (Lipinski definition) is 2. The Morgan fingerprint density at radius 2 is 2.13 bits per heavy atom. The highest BCUT2D eigenvalue weighted by Gasteiger charge is 2.15. The first kappa shape index (κ1) is 12.1. The third kappa shape index (κ3) is 4.40. The molecule has 0 aliphatic rings. The third-order valence-corrected chi connectivity index (χ3v) is 2.48. The van der Waals surface area contributed by atoms with Crippen LogP contribution in [0.15, 0.2) is 18.3 Å². The SMILES string of the molecule is Cc1ccc(CNC(C)(C)CCO)cn1. The van der Waals surface area contributed by atoms with Crippen molar-refractivity contribution in [2.45, 2.75) is 39.3 Å². The summed E-state index contributed by atoms with van der Waals surface area (Å²) in [6.07, 6.45) is 2.64. The monoisotopic (exact) mass is 208 g/mol. The van der Waals surface area contributed by atoms with Crippen molar-refractivity contribution in [2.24, 2.45) is 0 Å². The van der Waals surface area contributed by atoms with Crippen LogP contribution < -0.4 is 5.32 Å². The molecule has 84 valence electrons. The van der Waals surface area contributed by atoms with Gasteiger partial charge < -0.3 is 10.4 Å². The summed E-state index contributed by atoms with van der Waals surface area (Å²) in [5.74, 6) is 0. The highest BCUT2D eigenvalue weighted by Crippen LogP contribution is 2.09. The lowest BCUT2D eigenvalue weighted by Gasteiger charge is -2.25. The zero-order valence-electron chi connectivity index (χ0n) is 9.75. The fourth-order valence-electron chi connectivity index (χ4n) is 1.31. The molecule has 1 rings (SSSR count). The first-order chi connectivity index (χ1) is 7.03. The van der Waals surface area contributed by atoms with Gasteiger partial charge in [-0.3, -0.25) is 4.98 Å². The molecule has 0 aliphatic heterocycles. The van der Waals surface area contributed by atoms with Crippen molar-refractivity contribution in [1.82, 2.24) is 10.3 Å². The van der Waals surface area contributed by atoms with E-state index in [9.17, 15) is 0 Å². The molecule has 0 aliphatic carbocycles. The Bertz CT molecular complexity index is 293. The zero-order valence-corrected chi connectivity index (χ0v) is 9.75. The van der Waals surface area contributed by atoms with Crippen LogP contribution in [0.25, 0.3) is 0 Å². The van der Waals surface area contributed by atoms with Crippen LogP contribution in [0.3, 0.4) is 0 Å². The number of pyridine rings is 1. The number of aliphatic hydroxyl groups is 1. The molecular formula is C12H20N2O. The van der Waals surface area contributed by atoms with Crippen molar-refractivity contribution in [1.29, 1.82) is 0 Å². The summed E-state index contributed by atoms with van der Waals surface area (Å²) < 4.78 is 0. The molecule has 0 atom stereocenters. The van der Waals surface area contributed by atoms with Crippen molar-refractivity contribution in [2.75, 3.05) is 6.61 Å². The molecule has 0 bridgehead atoms. The van der Waals surface area contributed by atoms with Gasteiger partial charge in [-0.25, -0.2) is 0 Å². The van der Waals surface area contributed by atoms with Crippen molar-refractivity contribution in [3.05, 3.63) is 29.6 Å². The molecule has 3 heteroatoms. The van der Waals surface area contributed by atoms with E-state index in [0.717, 1.165) is 18.7 Å². The van der Waals surface area contributed by atoms with Gasteiger partial charge in [0.15, 0.2) is 0 Å². The number of aliphatic hydroxyl groups excluding tert-OH is 1. The van der Waals surface area contributed by atoms with Gasteiger partial charge in [-0.1, -0.05) is 6.07 Å². The molecule has 0 fully saturated rings. The molecule has 0 saturated heterocycles. The average Bonchev–Trinajstić information content (AvgIpc) is 2.17. The van der Waals surface area contributed by atoms with E-state index in [1.165, 1.54) is 5.56 Å². The standard InChI is InChI=1S/C12H20N2O/c1-10-4-5-11(8-13-10)9-14-12(2,3)6-7-15/h4-5,8,14-15H,6-7,9H2,1-3H3. The van der Waals surface area contributed by atoms with Crippen LogP contribution in [-0.2, 0) is 6.54 Å². The van der Waals surface area contributed by atoms with Crippen molar-refractivity contribution >= 4 is 0 Å². The fourth-order valence-corrected chi connectivity index (χ4v) is 1.31. The molecular weight excluding hydrogens is 188 g/mol. The molecule has 1 aromatic heterocycles. The molecule has 3 nitrogen and oxygen atoms in total. The number of nitrogens with zero attached hydrogens (tertiary/aromatic N) is 1. The smallest absolute Gasteiger partial charge is 0.0448 e. The van der Waals surface area contributed by atoms with Gasteiger partial charge in [0.1, 0.15) is 0 Å². The minimum absolute atomic E-state index is 0.0281. The topological polar surface area (TPSA) is 45.1 Å². The van der Waals surface area contributed by atoms with Crippen LogP contribution >= 0.6 is 0 Å². The van der Waals surface area contributed by atoms with Gasteiger partial charge in [0.25, 0.3) is 0 Å². The highest BCUT2D eigenvalue weighted by atomic mass is 16.3. The normalized spacial score (nSPS) is 11.7. The number of rotatable bonds is 5. The summed E-state index contributed by atoms with van der Waals surface area (Å²) in [5, 5.41) is 12.3. The van der Waals surface area contributed by atoms with Gasteiger partial charge in [-0.05, 0) is 38.8 Å². The quantitative estimate of drug-likeness (QED) is 0.773. The Labute approximate surface area is 91.5 Å². The molecule has 1 aromatic rings. The first-order valence-electron chi connectivity index (χ1n) is 5.31. The molecule has 15 heavy (non-hydrogen) atoms. The molecule has 2 N–H and O–H groups in total. The summed E-state index contributed by atoms with van der Waals surface area (Å²) in [6, 6.07) is 4.08. The van der Waals surface area contributed by atoms with E-state index in [1.807, 2.05) is 19.2 Å². The van der Waals surface area contributed by atoms with E-state index < -0.39 is 0 Å². The summed E-state index contributed by atoms with van der Waals surface area (Å²) in [5.41, 5.74) is 2.18. The zero-order chi connectivity index (χ0) is 11.3. The minimum Gasteiger partial charge on any atom is -0.396 e. The third-order valence-electron chi connectivity index (χ3n) is 2.48. The van der Waals surface area contributed by atoms with Crippen LogP contribution in [0.2, 0.25) is 0 Å². The van der Waals surface area contributed by atoms with Gasteiger partial charge in [0.05, 0.1) is 0 Å². The average molecular weight is 208 g/mol. The lowest BCUT2D eigenvalue weighted by molar-refractivity contribution is 0.230. The van der Waals surface area contributed by atoms with Crippen molar-refractivity contribution in [3.8, 4) is 0 Å². The second-order valence-corrected chi connectivity index (χ2v) is 4.52. The molecule has 0 saturated carbocycles. The van der Waals surface area contributed by atoms with Gasteiger partial charge in [-0.2, -0.15) is 0 Å². The Hall–Kier alpha value is -0.930. The lowest BCUT2D eigenvalue weighted by Crippen LogP contribution is -2.39. The maximum absolute atomic E-state index is 8.88. The maximum atomic E-state index is 8.88. The van der Waals surface area contributed by atoms with E-state index in [2.05, 4.69) is 30.2 Å². The predicted molar refractivity (Wildman–Crippen MR) is 61.6 cm³/mol. The molecule has 0 spiro atoms. The van der Waals surface area contributed by atoms with Crippen LogP contribution in [0.5, 0.6) is 0 Å². The summed E-state index contributed by atoms with van der Waals surface area (Å²) in [7, 11) is 0. The highest BCUT2D eigenvalue weighted by molar-refractivity contribution is 5.13. The molecule has 0 unspecified atom stereocenters. The summed E-state index contributed by atoms with van der Waals surface area (Å²) in [6.45, 7) is 7.16. The van der Waals surface area contributed by atoms with Crippen LogP contribution in [0, 0.1) is 6.92 Å². The van der Waals surface area contributed by atoms with E-state index in [-0.39, 0.29) is 12.1 Å². The molecule has 1 heterocycles. The van der Waals surface area contributed by atoms with E-state index >= 15 is 0 Å². The number of aryl methyl sites for hydroxylation is 1. The minimum atomic E-state index is -0.0281. The van der Waals surface area contributed by atoms with Crippen LogP contribution in [0.4, 0.5) is 0 Å². The van der Waals surface area contributed by atoms with E-state index in [0.29, 0.717) is 0 Å². The summed E-state index contributed by atoms with van der Waals surface area (Å²) in [4.78, 5) is 4.24. The Balaban J connectivity index is 2.46. The largest absolute Gasteiger partial charge is 0.396 e. The predicted octanol–water partition coefficient (Wildman–Crippen LogP) is 1.64. The molecule has 0 radical (unpaired) electrons.